The minimum absolute atomic E-state index is 0.00815. The van der Waals surface area contributed by atoms with Gasteiger partial charge in [-0.1, -0.05) is 35.9 Å². The van der Waals surface area contributed by atoms with Gasteiger partial charge in [-0.3, -0.25) is 9.59 Å². The van der Waals surface area contributed by atoms with E-state index >= 15 is 0 Å². The molecule has 0 aromatic heterocycles. The third-order valence-electron chi connectivity index (χ3n) is 3.10. The quantitative estimate of drug-likeness (QED) is 0.636. The van der Waals surface area contributed by atoms with Crippen molar-refractivity contribution in [2.45, 2.75) is 0 Å². The molecule has 19 heavy (non-hydrogen) atoms. The van der Waals surface area contributed by atoms with E-state index in [1.54, 1.807) is 24.3 Å². The highest BCUT2D eigenvalue weighted by molar-refractivity contribution is 6.39. The highest BCUT2D eigenvalue weighted by Gasteiger charge is 2.33. The Hall–Kier alpha value is -2.33. The van der Waals surface area contributed by atoms with Crippen LogP contribution in [-0.2, 0) is 0 Å². The van der Waals surface area contributed by atoms with Crippen LogP contribution in [0.3, 0.4) is 0 Å². The van der Waals surface area contributed by atoms with Crippen LogP contribution in [0.15, 0.2) is 41.6 Å². The van der Waals surface area contributed by atoms with E-state index in [4.69, 9.17) is 11.6 Å². The van der Waals surface area contributed by atoms with Crippen molar-refractivity contribution in [1.82, 2.24) is 0 Å². The van der Waals surface area contributed by atoms with Crippen molar-refractivity contribution in [1.29, 1.82) is 0 Å². The van der Waals surface area contributed by atoms with Crippen molar-refractivity contribution in [3.63, 3.8) is 0 Å². The second kappa shape index (κ2) is 4.10. The van der Waals surface area contributed by atoms with E-state index < -0.39 is 5.78 Å². The van der Waals surface area contributed by atoms with Crippen molar-refractivity contribution in [3.8, 4) is 0 Å². The molecule has 0 unspecified atom stereocenters. The van der Waals surface area contributed by atoms with E-state index in [1.165, 1.54) is 12.1 Å². The van der Waals surface area contributed by atoms with Gasteiger partial charge in [-0.25, -0.2) is 0 Å². The van der Waals surface area contributed by atoms with Crippen LogP contribution >= 0.6 is 11.6 Å². The van der Waals surface area contributed by atoms with E-state index in [9.17, 15) is 14.5 Å². The summed E-state index contributed by atoms with van der Waals surface area (Å²) in [5.74, 6) is -0.761. The summed E-state index contributed by atoms with van der Waals surface area (Å²) in [7, 11) is 0. The lowest BCUT2D eigenvalue weighted by molar-refractivity contribution is 0.0979. The molecule has 2 aromatic carbocycles. The summed E-state index contributed by atoms with van der Waals surface area (Å²) in [5.41, 5.74) is 0.554. The van der Waals surface area contributed by atoms with Gasteiger partial charge >= 0.3 is 0 Å². The van der Waals surface area contributed by atoms with Crippen molar-refractivity contribution >= 4 is 28.9 Å². The number of hydrogen-bond donors (Lipinski definition) is 0. The number of benzene rings is 2. The molecular formula is C14H6ClNO3. The maximum Gasteiger partial charge on any atom is 0.196 e. The molecule has 0 saturated carbocycles. The lowest BCUT2D eigenvalue weighted by Crippen LogP contribution is -2.21. The second-order valence-electron chi connectivity index (χ2n) is 4.11. The lowest BCUT2D eigenvalue weighted by Gasteiger charge is -2.18. The largest absolute Gasteiger partial charge is 0.289 e. The molecular weight excluding hydrogens is 266 g/mol. The summed E-state index contributed by atoms with van der Waals surface area (Å²) < 4.78 is 0. The Labute approximate surface area is 113 Å². The molecule has 0 fully saturated rings. The molecule has 92 valence electrons. The zero-order chi connectivity index (χ0) is 13.6. The maximum atomic E-state index is 12.4. The molecule has 0 amide bonds. The lowest BCUT2D eigenvalue weighted by atomic mass is 9.83. The van der Waals surface area contributed by atoms with Gasteiger partial charge in [0.1, 0.15) is 5.69 Å². The molecule has 0 aliphatic heterocycles. The van der Waals surface area contributed by atoms with Gasteiger partial charge in [0, 0.05) is 11.1 Å². The Morgan fingerprint density at radius 2 is 1.42 bits per heavy atom. The summed E-state index contributed by atoms with van der Waals surface area (Å²) in [5, 5.41) is 2.95. The van der Waals surface area contributed by atoms with Crippen LogP contribution in [0.25, 0.3) is 0 Å². The van der Waals surface area contributed by atoms with Crippen LogP contribution in [0.1, 0.15) is 31.8 Å². The Kier molecular flexibility index (Phi) is 2.54. The molecule has 0 radical (unpaired) electrons. The fourth-order valence-corrected chi connectivity index (χ4v) is 2.49. The molecule has 2 aromatic rings. The molecule has 0 N–H and O–H groups in total. The maximum absolute atomic E-state index is 12.4. The topological polar surface area (TPSA) is 63.6 Å². The number of carbonyl (C=O) groups excluding carboxylic acids is 2. The predicted octanol–water partition coefficient (Wildman–Crippen LogP) is 3.51. The molecule has 5 heteroatoms. The minimum Gasteiger partial charge on any atom is -0.289 e. The monoisotopic (exact) mass is 271 g/mol. The first kappa shape index (κ1) is 11.7. The van der Waals surface area contributed by atoms with Gasteiger partial charge in [0.05, 0.1) is 16.1 Å². The molecule has 0 spiro atoms. The van der Waals surface area contributed by atoms with E-state index in [1.807, 2.05) is 0 Å². The average Bonchev–Trinajstić information content (AvgIpc) is 2.44. The summed E-state index contributed by atoms with van der Waals surface area (Å²) in [6.45, 7) is 0. The van der Waals surface area contributed by atoms with Crippen LogP contribution in [-0.4, -0.2) is 11.6 Å². The molecule has 1 aliphatic rings. The Bertz CT molecular complexity index is 752. The highest BCUT2D eigenvalue weighted by atomic mass is 35.5. The molecule has 0 bridgehead atoms. The van der Waals surface area contributed by atoms with Crippen molar-refractivity contribution in [2.75, 3.05) is 0 Å². The number of halogens is 1. The molecule has 1 aliphatic carbocycles. The van der Waals surface area contributed by atoms with Crippen LogP contribution in [0.5, 0.6) is 0 Å². The number of nitrogens with zero attached hydrogens (tertiary/aromatic N) is 1. The van der Waals surface area contributed by atoms with Gasteiger partial charge in [-0.2, -0.15) is 0 Å². The van der Waals surface area contributed by atoms with Crippen molar-refractivity contribution in [3.05, 3.63) is 68.6 Å². The number of rotatable bonds is 1. The molecule has 0 heterocycles. The van der Waals surface area contributed by atoms with Gasteiger partial charge in [0.25, 0.3) is 0 Å². The fourth-order valence-electron chi connectivity index (χ4n) is 2.24. The van der Waals surface area contributed by atoms with Gasteiger partial charge < -0.3 is 0 Å². The average molecular weight is 272 g/mol. The first-order chi connectivity index (χ1) is 9.15. The molecule has 4 nitrogen and oxygen atoms in total. The van der Waals surface area contributed by atoms with Crippen LogP contribution < -0.4 is 0 Å². The molecule has 3 rings (SSSR count). The molecule has 0 atom stereocenters. The van der Waals surface area contributed by atoms with Gasteiger partial charge in [-0.15, -0.1) is 4.91 Å². The van der Waals surface area contributed by atoms with E-state index in [2.05, 4.69) is 5.18 Å². The SMILES string of the molecule is O=Nc1ccc(Cl)c2c1C(=O)c1ccccc1C2=O. The standard InChI is InChI=1S/C14H6ClNO3/c15-9-5-6-10(16-19)12-11(9)13(17)7-3-1-2-4-8(7)14(12)18/h1-6H. The predicted molar refractivity (Wildman–Crippen MR) is 70.2 cm³/mol. The first-order valence-corrected chi connectivity index (χ1v) is 5.87. The Morgan fingerprint density at radius 1 is 0.842 bits per heavy atom. The zero-order valence-corrected chi connectivity index (χ0v) is 10.3. The second-order valence-corrected chi connectivity index (χ2v) is 4.52. The number of fused-ring (bicyclic) bond motifs is 2. The number of carbonyl (C=O) groups is 2. The highest BCUT2D eigenvalue weighted by Crippen LogP contribution is 2.37. The summed E-state index contributed by atoms with van der Waals surface area (Å²) in [6, 6.07) is 9.19. The third-order valence-corrected chi connectivity index (χ3v) is 3.42. The minimum atomic E-state index is -0.401. The van der Waals surface area contributed by atoms with Crippen LogP contribution in [0.4, 0.5) is 5.69 Å². The zero-order valence-electron chi connectivity index (χ0n) is 9.51. The third kappa shape index (κ3) is 1.54. The van der Waals surface area contributed by atoms with Crippen LogP contribution in [0, 0.1) is 4.91 Å². The van der Waals surface area contributed by atoms with Crippen molar-refractivity contribution < 1.29 is 9.59 Å². The van der Waals surface area contributed by atoms with E-state index in [-0.39, 0.29) is 33.2 Å². The van der Waals surface area contributed by atoms with E-state index in [0.29, 0.717) is 5.56 Å². The van der Waals surface area contributed by atoms with Crippen molar-refractivity contribution in [2.24, 2.45) is 5.18 Å². The Morgan fingerprint density at radius 3 is 2.00 bits per heavy atom. The smallest absolute Gasteiger partial charge is 0.196 e. The summed E-state index contributed by atoms with van der Waals surface area (Å²) >= 11 is 5.98. The van der Waals surface area contributed by atoms with E-state index in [0.717, 1.165) is 0 Å². The number of nitroso groups, excluding NO2 is 1. The number of hydrogen-bond acceptors (Lipinski definition) is 4. The summed E-state index contributed by atoms with van der Waals surface area (Å²) in [4.78, 5) is 35.5. The number of ketones is 2. The molecule has 0 saturated heterocycles. The van der Waals surface area contributed by atoms with Crippen LogP contribution in [0.2, 0.25) is 5.02 Å². The van der Waals surface area contributed by atoms with Gasteiger partial charge in [-0.05, 0) is 17.3 Å². The first-order valence-electron chi connectivity index (χ1n) is 5.49. The summed E-state index contributed by atoms with van der Waals surface area (Å²) in [6.07, 6.45) is 0. The normalized spacial score (nSPS) is 12.9. The van der Waals surface area contributed by atoms with Gasteiger partial charge in [0.15, 0.2) is 11.6 Å². The Balaban J connectivity index is 2.42. The fraction of sp³-hybridized carbons (Fsp3) is 0. The van der Waals surface area contributed by atoms with Gasteiger partial charge in [0.2, 0.25) is 0 Å².